The molecule has 0 saturated carbocycles. The van der Waals surface area contributed by atoms with Crippen LogP contribution in [0.3, 0.4) is 0 Å². The lowest BCUT2D eigenvalue weighted by Crippen LogP contribution is -2.69. The molecule has 2 aromatic rings. The van der Waals surface area contributed by atoms with Gasteiger partial charge in [-0.15, -0.1) is 11.3 Å². The van der Waals surface area contributed by atoms with Crippen molar-refractivity contribution in [3.8, 4) is 0 Å². The van der Waals surface area contributed by atoms with Gasteiger partial charge in [-0.1, -0.05) is 11.6 Å². The van der Waals surface area contributed by atoms with E-state index in [0.29, 0.717) is 10.8 Å². The Morgan fingerprint density at radius 3 is 2.71 bits per heavy atom. The largest absolute Gasteiger partial charge is 0.346 e. The minimum atomic E-state index is -0.451. The van der Waals surface area contributed by atoms with Crippen molar-refractivity contribution in [1.29, 1.82) is 0 Å². The van der Waals surface area contributed by atoms with Crippen LogP contribution in [0.1, 0.15) is 36.4 Å². The van der Waals surface area contributed by atoms with E-state index in [-0.39, 0.29) is 22.5 Å². The average Bonchev–Trinajstić information content (AvgIpc) is 2.94. The Kier molecular flexibility index (Phi) is 3.86. The minimum absolute atomic E-state index is 0.0249. The molecule has 3 fully saturated rings. The van der Waals surface area contributed by atoms with Crippen LogP contribution in [0.15, 0.2) is 18.2 Å². The number of piperidine rings is 3. The molecule has 3 nitrogen and oxygen atoms in total. The molecule has 0 unspecified atom stereocenters. The molecule has 0 aliphatic carbocycles. The number of benzene rings is 1. The van der Waals surface area contributed by atoms with Gasteiger partial charge in [-0.3, -0.25) is 9.69 Å². The smallest absolute Gasteiger partial charge is 0.261 e. The van der Waals surface area contributed by atoms with E-state index in [2.05, 4.69) is 24.1 Å². The van der Waals surface area contributed by atoms with Gasteiger partial charge in [0.2, 0.25) is 0 Å². The van der Waals surface area contributed by atoms with Crippen LogP contribution in [0.25, 0.3) is 10.1 Å². The van der Waals surface area contributed by atoms with Crippen LogP contribution in [0.2, 0.25) is 5.02 Å². The molecule has 1 aromatic heterocycles. The third-order valence-corrected chi connectivity index (χ3v) is 7.04. The van der Waals surface area contributed by atoms with Crippen molar-refractivity contribution < 1.29 is 9.18 Å². The first-order valence-corrected chi connectivity index (χ1v) is 9.50. The highest BCUT2D eigenvalue weighted by atomic mass is 35.5. The number of hydrogen-bond donors (Lipinski definition) is 1. The van der Waals surface area contributed by atoms with Crippen molar-refractivity contribution in [2.24, 2.45) is 5.92 Å². The molecule has 5 rings (SSSR count). The number of nitrogens with one attached hydrogen (secondary N) is 1. The Balaban J connectivity index is 1.60. The zero-order valence-electron chi connectivity index (χ0n) is 13.7. The van der Waals surface area contributed by atoms with Crippen molar-refractivity contribution in [2.45, 2.75) is 38.3 Å². The summed E-state index contributed by atoms with van der Waals surface area (Å²) in [6.07, 6.45) is 2.28. The van der Waals surface area contributed by atoms with Crippen LogP contribution in [-0.2, 0) is 0 Å². The molecule has 3 aliphatic rings. The van der Waals surface area contributed by atoms with Crippen molar-refractivity contribution in [2.75, 3.05) is 13.1 Å². The summed E-state index contributed by atoms with van der Waals surface area (Å²) >= 11 is 7.20. The van der Waals surface area contributed by atoms with Gasteiger partial charge in [0, 0.05) is 16.3 Å². The van der Waals surface area contributed by atoms with Crippen LogP contribution < -0.4 is 5.32 Å². The summed E-state index contributed by atoms with van der Waals surface area (Å²) in [6, 6.07) is 4.89. The monoisotopic (exact) mass is 366 g/mol. The zero-order chi connectivity index (χ0) is 17.1. The number of thiophene rings is 1. The van der Waals surface area contributed by atoms with Crippen LogP contribution in [0, 0.1) is 11.7 Å². The van der Waals surface area contributed by atoms with Gasteiger partial charge in [-0.2, -0.15) is 0 Å². The number of amides is 1. The zero-order valence-corrected chi connectivity index (χ0v) is 15.3. The first-order chi connectivity index (χ1) is 11.4. The quantitative estimate of drug-likeness (QED) is 0.859. The lowest BCUT2D eigenvalue weighted by Gasteiger charge is -2.56. The van der Waals surface area contributed by atoms with Gasteiger partial charge in [-0.25, -0.2) is 4.39 Å². The van der Waals surface area contributed by atoms with Crippen molar-refractivity contribution in [1.82, 2.24) is 10.2 Å². The summed E-state index contributed by atoms with van der Waals surface area (Å²) in [7, 11) is 0. The molecule has 1 atom stereocenters. The van der Waals surface area contributed by atoms with Gasteiger partial charge in [0.25, 0.3) is 5.91 Å². The number of rotatable bonds is 2. The number of fused-ring (bicyclic) bond motifs is 4. The van der Waals surface area contributed by atoms with Crippen molar-refractivity contribution >= 4 is 38.9 Å². The highest BCUT2D eigenvalue weighted by Crippen LogP contribution is 2.39. The minimum Gasteiger partial charge on any atom is -0.346 e. The fourth-order valence-electron chi connectivity index (χ4n) is 4.24. The van der Waals surface area contributed by atoms with E-state index in [0.717, 1.165) is 36.0 Å². The Hall–Kier alpha value is -1.17. The number of halogens is 2. The summed E-state index contributed by atoms with van der Waals surface area (Å²) in [4.78, 5) is 15.9. The third-order valence-electron chi connectivity index (χ3n) is 5.66. The fraction of sp³-hybridized carbons (Fsp3) is 0.500. The van der Waals surface area contributed by atoms with Gasteiger partial charge in [0.15, 0.2) is 0 Å². The maximum absolute atomic E-state index is 13.6. The van der Waals surface area contributed by atoms with Gasteiger partial charge in [0.1, 0.15) is 5.82 Å². The molecule has 24 heavy (non-hydrogen) atoms. The standard InChI is InChI=1S/C18H20ClFN2OS/c1-18(2)16(10-3-5-22(18)6-4-10)21-17(23)15-8-11-7-13(20)12(19)9-14(11)24-15/h7-10,16H,3-6H2,1-2H3,(H,21,23)/t16-/m0/s1. The van der Waals surface area contributed by atoms with E-state index in [1.807, 2.05) is 0 Å². The van der Waals surface area contributed by atoms with Crippen LogP contribution in [0.5, 0.6) is 0 Å². The van der Waals surface area contributed by atoms with E-state index in [1.54, 1.807) is 12.1 Å². The normalized spacial score (nSPS) is 28.2. The second-order valence-corrected chi connectivity index (χ2v) is 8.84. The molecule has 128 valence electrons. The molecule has 3 aliphatic heterocycles. The summed E-state index contributed by atoms with van der Waals surface area (Å²) < 4.78 is 14.4. The van der Waals surface area contributed by atoms with Gasteiger partial charge in [-0.05, 0) is 69.3 Å². The summed E-state index contributed by atoms with van der Waals surface area (Å²) in [5.41, 5.74) is -0.0249. The number of hydrogen-bond acceptors (Lipinski definition) is 3. The predicted molar refractivity (Wildman–Crippen MR) is 96.4 cm³/mol. The maximum atomic E-state index is 13.6. The van der Waals surface area contributed by atoms with Crippen LogP contribution in [-0.4, -0.2) is 35.5 Å². The molecule has 1 aromatic carbocycles. The van der Waals surface area contributed by atoms with Crippen molar-refractivity contribution in [3.05, 3.63) is 33.9 Å². The number of nitrogens with zero attached hydrogens (tertiary/aromatic N) is 1. The Morgan fingerprint density at radius 1 is 1.33 bits per heavy atom. The lowest BCUT2D eigenvalue weighted by atomic mass is 9.72. The molecular weight excluding hydrogens is 347 g/mol. The second kappa shape index (κ2) is 5.68. The summed E-state index contributed by atoms with van der Waals surface area (Å²) in [5.74, 6) is 0.0159. The lowest BCUT2D eigenvalue weighted by molar-refractivity contribution is -0.0377. The molecule has 6 heteroatoms. The molecule has 1 N–H and O–H groups in total. The van der Waals surface area contributed by atoms with Crippen molar-refractivity contribution in [3.63, 3.8) is 0 Å². The van der Waals surface area contributed by atoms with E-state index < -0.39 is 5.82 Å². The highest BCUT2D eigenvalue weighted by molar-refractivity contribution is 7.20. The van der Waals surface area contributed by atoms with Gasteiger partial charge in [0.05, 0.1) is 9.90 Å². The molecular formula is C18H20ClFN2OS. The van der Waals surface area contributed by atoms with Gasteiger partial charge < -0.3 is 5.32 Å². The van der Waals surface area contributed by atoms with Gasteiger partial charge >= 0.3 is 0 Å². The second-order valence-electron chi connectivity index (χ2n) is 7.34. The molecule has 2 bridgehead atoms. The van der Waals surface area contributed by atoms with E-state index in [1.165, 1.54) is 17.4 Å². The van der Waals surface area contributed by atoms with Crippen LogP contribution >= 0.6 is 22.9 Å². The highest BCUT2D eigenvalue weighted by Gasteiger charge is 2.48. The first kappa shape index (κ1) is 16.3. The van der Waals surface area contributed by atoms with Crippen LogP contribution in [0.4, 0.5) is 4.39 Å². The molecule has 0 radical (unpaired) electrons. The fourth-order valence-corrected chi connectivity index (χ4v) is 5.45. The molecule has 3 saturated heterocycles. The Bertz CT molecular complexity index is 772. The Morgan fingerprint density at radius 2 is 2.04 bits per heavy atom. The predicted octanol–water partition coefficient (Wildman–Crippen LogP) is 4.30. The van der Waals surface area contributed by atoms with E-state index >= 15 is 0 Å². The molecule has 0 spiro atoms. The first-order valence-electron chi connectivity index (χ1n) is 8.31. The number of carbonyl (C=O) groups is 1. The maximum Gasteiger partial charge on any atom is 0.261 e. The Labute approximate surface area is 149 Å². The molecule has 4 heterocycles. The third kappa shape index (κ3) is 2.54. The number of carbonyl (C=O) groups excluding carboxylic acids is 1. The summed E-state index contributed by atoms with van der Waals surface area (Å²) in [6.45, 7) is 6.65. The van der Waals surface area contributed by atoms with E-state index in [9.17, 15) is 9.18 Å². The SMILES string of the molecule is CC1(C)[C@@H](NC(=O)c2cc3cc(F)c(Cl)cc3s2)C2CCN1CC2. The van der Waals surface area contributed by atoms with E-state index in [4.69, 9.17) is 11.6 Å². The average molecular weight is 367 g/mol. The topological polar surface area (TPSA) is 32.3 Å². The summed E-state index contributed by atoms with van der Waals surface area (Å²) in [5, 5.41) is 4.06. The molecule has 1 amide bonds.